The Morgan fingerprint density at radius 2 is 1.95 bits per heavy atom. The lowest BCUT2D eigenvalue weighted by Gasteiger charge is -2.20. The molecule has 1 unspecified atom stereocenters. The number of carbonyl (C=O) groups excluding carboxylic acids is 2. The standard InChI is InChI=1S/C13H23N5O2S/c1-6-17(4)12(20)8(3)15-11(19)9-10(14)16-13(21-9)18(5)7-2/h8H,6-7,14H2,1-5H3,(H,15,19). The first kappa shape index (κ1) is 17.2. The average molecular weight is 313 g/mol. The summed E-state index contributed by atoms with van der Waals surface area (Å²) in [6, 6.07) is -0.601. The number of aromatic nitrogens is 1. The Morgan fingerprint density at radius 1 is 1.33 bits per heavy atom. The van der Waals surface area contributed by atoms with Gasteiger partial charge in [0.1, 0.15) is 16.7 Å². The van der Waals surface area contributed by atoms with Crippen LogP contribution in [0.3, 0.4) is 0 Å². The Bertz CT molecular complexity index is 517. The van der Waals surface area contributed by atoms with Crippen molar-refractivity contribution in [3.05, 3.63) is 4.88 Å². The zero-order valence-electron chi connectivity index (χ0n) is 13.1. The molecule has 1 atom stereocenters. The van der Waals surface area contributed by atoms with Crippen LogP contribution in [-0.4, -0.2) is 54.9 Å². The number of nitrogens with two attached hydrogens (primary N) is 1. The number of thiazole rings is 1. The Balaban J connectivity index is 2.80. The van der Waals surface area contributed by atoms with Gasteiger partial charge >= 0.3 is 0 Å². The molecule has 3 N–H and O–H groups in total. The van der Waals surface area contributed by atoms with Gasteiger partial charge in [-0.2, -0.15) is 0 Å². The highest BCUT2D eigenvalue weighted by Crippen LogP contribution is 2.27. The number of anilines is 2. The highest BCUT2D eigenvalue weighted by Gasteiger charge is 2.23. The molecular formula is C13H23N5O2S. The number of hydrogen-bond acceptors (Lipinski definition) is 6. The normalized spacial score (nSPS) is 11.9. The van der Waals surface area contributed by atoms with Crippen molar-refractivity contribution in [3.8, 4) is 0 Å². The molecule has 0 spiro atoms. The average Bonchev–Trinajstić information content (AvgIpc) is 2.86. The van der Waals surface area contributed by atoms with Crippen LogP contribution in [-0.2, 0) is 4.79 Å². The van der Waals surface area contributed by atoms with Crippen LogP contribution in [0.2, 0.25) is 0 Å². The van der Waals surface area contributed by atoms with E-state index in [1.54, 1.807) is 18.9 Å². The van der Waals surface area contributed by atoms with Crippen molar-refractivity contribution in [2.75, 3.05) is 37.8 Å². The number of hydrogen-bond donors (Lipinski definition) is 2. The van der Waals surface area contributed by atoms with Crippen LogP contribution in [0.5, 0.6) is 0 Å². The number of nitrogens with zero attached hydrogens (tertiary/aromatic N) is 3. The van der Waals surface area contributed by atoms with Crippen molar-refractivity contribution in [2.24, 2.45) is 0 Å². The SMILES string of the molecule is CCN(C)C(=O)C(C)NC(=O)c1sc(N(C)CC)nc1N. The molecule has 0 fully saturated rings. The number of rotatable bonds is 6. The summed E-state index contributed by atoms with van der Waals surface area (Å²) in [6.45, 7) is 6.87. The van der Waals surface area contributed by atoms with Crippen LogP contribution in [0.4, 0.5) is 10.9 Å². The summed E-state index contributed by atoms with van der Waals surface area (Å²) in [6.07, 6.45) is 0. The van der Waals surface area contributed by atoms with Crippen LogP contribution in [0.25, 0.3) is 0 Å². The van der Waals surface area contributed by atoms with Crippen molar-refractivity contribution >= 4 is 34.1 Å². The molecule has 8 heteroatoms. The van der Waals surface area contributed by atoms with E-state index in [4.69, 9.17) is 5.73 Å². The fraction of sp³-hybridized carbons (Fsp3) is 0.615. The summed E-state index contributed by atoms with van der Waals surface area (Å²) in [7, 11) is 3.57. The molecule has 0 saturated carbocycles. The zero-order valence-corrected chi connectivity index (χ0v) is 14.0. The largest absolute Gasteiger partial charge is 0.382 e. The first-order chi connectivity index (χ1) is 9.81. The predicted octanol–water partition coefficient (Wildman–Crippen LogP) is 0.778. The molecule has 1 aromatic heterocycles. The van der Waals surface area contributed by atoms with Crippen LogP contribution in [0.15, 0.2) is 0 Å². The quantitative estimate of drug-likeness (QED) is 0.810. The van der Waals surface area contributed by atoms with E-state index in [1.807, 2.05) is 25.8 Å². The minimum atomic E-state index is -0.601. The molecule has 1 rings (SSSR count). The van der Waals surface area contributed by atoms with Crippen molar-refractivity contribution in [1.82, 2.24) is 15.2 Å². The lowest BCUT2D eigenvalue weighted by atomic mass is 10.3. The molecular weight excluding hydrogens is 290 g/mol. The Morgan fingerprint density at radius 3 is 2.48 bits per heavy atom. The number of amides is 2. The maximum atomic E-state index is 12.2. The first-order valence-electron chi connectivity index (χ1n) is 6.85. The van der Waals surface area contributed by atoms with Gasteiger partial charge < -0.3 is 20.9 Å². The molecule has 0 aliphatic heterocycles. The molecule has 0 aliphatic rings. The fourth-order valence-corrected chi connectivity index (χ4v) is 2.51. The molecule has 118 valence electrons. The summed E-state index contributed by atoms with van der Waals surface area (Å²) in [5, 5.41) is 3.35. The van der Waals surface area contributed by atoms with Crippen LogP contribution in [0, 0.1) is 0 Å². The number of carbonyl (C=O) groups is 2. The van der Waals surface area contributed by atoms with E-state index in [-0.39, 0.29) is 17.6 Å². The minimum Gasteiger partial charge on any atom is -0.382 e. The van der Waals surface area contributed by atoms with Gasteiger partial charge in [0.05, 0.1) is 0 Å². The highest BCUT2D eigenvalue weighted by molar-refractivity contribution is 7.18. The minimum absolute atomic E-state index is 0.139. The lowest BCUT2D eigenvalue weighted by molar-refractivity contribution is -0.131. The Hall–Kier alpha value is -1.83. The summed E-state index contributed by atoms with van der Waals surface area (Å²) < 4.78 is 0. The molecule has 1 heterocycles. The smallest absolute Gasteiger partial charge is 0.265 e. The summed E-state index contributed by atoms with van der Waals surface area (Å²) in [4.78, 5) is 32.1. The zero-order chi connectivity index (χ0) is 16.2. The van der Waals surface area contributed by atoms with E-state index in [0.29, 0.717) is 16.6 Å². The molecule has 0 radical (unpaired) electrons. The molecule has 21 heavy (non-hydrogen) atoms. The molecule has 7 nitrogen and oxygen atoms in total. The third kappa shape index (κ3) is 4.07. The number of likely N-dealkylation sites (N-methyl/N-ethyl adjacent to an activating group) is 1. The third-order valence-corrected chi connectivity index (χ3v) is 4.40. The Labute approximate surface area is 129 Å². The topological polar surface area (TPSA) is 91.6 Å². The van der Waals surface area contributed by atoms with E-state index in [1.165, 1.54) is 11.3 Å². The summed E-state index contributed by atoms with van der Waals surface area (Å²) in [5.41, 5.74) is 5.79. The number of nitrogen functional groups attached to an aromatic ring is 1. The van der Waals surface area contributed by atoms with Crippen LogP contribution < -0.4 is 16.0 Å². The maximum Gasteiger partial charge on any atom is 0.265 e. The van der Waals surface area contributed by atoms with Gasteiger partial charge in [0.15, 0.2) is 5.13 Å². The van der Waals surface area contributed by atoms with E-state index in [0.717, 1.165) is 6.54 Å². The molecule has 0 bridgehead atoms. The van der Waals surface area contributed by atoms with Crippen molar-refractivity contribution < 1.29 is 9.59 Å². The van der Waals surface area contributed by atoms with Gasteiger partial charge in [-0.3, -0.25) is 9.59 Å². The summed E-state index contributed by atoms with van der Waals surface area (Å²) >= 11 is 1.22. The van der Waals surface area contributed by atoms with E-state index in [2.05, 4.69) is 10.3 Å². The second-order valence-corrected chi connectivity index (χ2v) is 5.75. The maximum absolute atomic E-state index is 12.2. The van der Waals surface area contributed by atoms with Crippen molar-refractivity contribution in [1.29, 1.82) is 0 Å². The summed E-state index contributed by atoms with van der Waals surface area (Å²) in [5.74, 6) is -0.317. The second-order valence-electron chi connectivity index (χ2n) is 4.77. The van der Waals surface area contributed by atoms with Crippen molar-refractivity contribution in [3.63, 3.8) is 0 Å². The van der Waals surface area contributed by atoms with Gasteiger partial charge in [-0.15, -0.1) is 0 Å². The van der Waals surface area contributed by atoms with Gasteiger partial charge in [0.2, 0.25) is 5.91 Å². The van der Waals surface area contributed by atoms with Gasteiger partial charge in [0, 0.05) is 27.2 Å². The fourth-order valence-electron chi connectivity index (χ4n) is 1.59. The first-order valence-corrected chi connectivity index (χ1v) is 7.66. The lowest BCUT2D eigenvalue weighted by Crippen LogP contribution is -2.45. The monoisotopic (exact) mass is 313 g/mol. The molecule has 0 aliphatic carbocycles. The van der Waals surface area contributed by atoms with Crippen LogP contribution >= 0.6 is 11.3 Å². The molecule has 0 saturated heterocycles. The van der Waals surface area contributed by atoms with Crippen molar-refractivity contribution in [2.45, 2.75) is 26.8 Å². The molecule has 2 amide bonds. The number of nitrogens with one attached hydrogen (secondary N) is 1. The van der Waals surface area contributed by atoms with Gasteiger partial charge in [-0.05, 0) is 20.8 Å². The third-order valence-electron chi connectivity index (χ3n) is 3.22. The second kappa shape index (κ2) is 7.26. The van der Waals surface area contributed by atoms with Crippen LogP contribution in [0.1, 0.15) is 30.4 Å². The predicted molar refractivity (Wildman–Crippen MR) is 85.7 cm³/mol. The van der Waals surface area contributed by atoms with E-state index >= 15 is 0 Å². The Kier molecular flexibility index (Phi) is 5.95. The van der Waals surface area contributed by atoms with Gasteiger partial charge in [-0.1, -0.05) is 11.3 Å². The molecule has 1 aromatic rings. The van der Waals surface area contributed by atoms with Gasteiger partial charge in [-0.25, -0.2) is 4.98 Å². The van der Waals surface area contributed by atoms with E-state index in [9.17, 15) is 9.59 Å². The van der Waals surface area contributed by atoms with Gasteiger partial charge in [0.25, 0.3) is 5.91 Å². The molecule has 0 aromatic carbocycles. The van der Waals surface area contributed by atoms with E-state index < -0.39 is 6.04 Å². The highest BCUT2D eigenvalue weighted by atomic mass is 32.1.